The first-order chi connectivity index (χ1) is 16.0. The Hall–Kier alpha value is -2.38. The Morgan fingerprint density at radius 2 is 1.58 bits per heavy atom. The summed E-state index contributed by atoms with van der Waals surface area (Å²) in [4.78, 5) is 0. The Kier molecular flexibility index (Phi) is 8.04. The van der Waals surface area contributed by atoms with E-state index in [1.165, 1.54) is 72.8 Å². The zero-order valence-corrected chi connectivity index (χ0v) is 20.7. The SMILES string of the molecule is CC(C)(C)OCCCCCCC1=CC(CCC2C(c3ccccc3)=Cc3ccccc32)C=C1. The minimum atomic E-state index is -0.00725. The van der Waals surface area contributed by atoms with Gasteiger partial charge in [-0.05, 0) is 81.1 Å². The van der Waals surface area contributed by atoms with Crippen LogP contribution in [0.15, 0.2) is 78.4 Å². The third-order valence-corrected chi connectivity index (χ3v) is 6.83. The molecule has 4 rings (SSSR count). The van der Waals surface area contributed by atoms with Crippen LogP contribution >= 0.6 is 0 Å². The van der Waals surface area contributed by atoms with Gasteiger partial charge in [-0.15, -0.1) is 0 Å². The van der Waals surface area contributed by atoms with Gasteiger partial charge in [-0.1, -0.05) is 97.3 Å². The van der Waals surface area contributed by atoms with E-state index in [1.807, 2.05) is 0 Å². The molecular weight excluding hydrogens is 400 g/mol. The van der Waals surface area contributed by atoms with Gasteiger partial charge < -0.3 is 4.74 Å². The van der Waals surface area contributed by atoms with Gasteiger partial charge in [0, 0.05) is 12.5 Å². The molecule has 33 heavy (non-hydrogen) atoms. The van der Waals surface area contributed by atoms with Crippen LogP contribution in [0.1, 0.15) is 88.3 Å². The second kappa shape index (κ2) is 11.2. The van der Waals surface area contributed by atoms with E-state index in [0.29, 0.717) is 11.8 Å². The molecule has 2 atom stereocenters. The number of rotatable bonds is 11. The summed E-state index contributed by atoms with van der Waals surface area (Å²) >= 11 is 0. The van der Waals surface area contributed by atoms with E-state index < -0.39 is 0 Å². The van der Waals surface area contributed by atoms with Crippen molar-refractivity contribution >= 4 is 11.6 Å². The Morgan fingerprint density at radius 1 is 0.818 bits per heavy atom. The molecular formula is C32H40O. The van der Waals surface area contributed by atoms with Crippen molar-refractivity contribution in [3.63, 3.8) is 0 Å². The first-order valence-corrected chi connectivity index (χ1v) is 12.9. The van der Waals surface area contributed by atoms with Crippen LogP contribution in [-0.4, -0.2) is 12.2 Å². The molecule has 0 spiro atoms. The number of ether oxygens (including phenoxy) is 1. The molecule has 2 aromatic rings. The summed E-state index contributed by atoms with van der Waals surface area (Å²) < 4.78 is 5.82. The first-order valence-electron chi connectivity index (χ1n) is 12.9. The largest absolute Gasteiger partial charge is 0.376 e. The molecule has 0 saturated heterocycles. The molecule has 174 valence electrons. The van der Waals surface area contributed by atoms with Crippen molar-refractivity contribution in [2.75, 3.05) is 6.61 Å². The zero-order valence-electron chi connectivity index (χ0n) is 20.7. The highest BCUT2D eigenvalue weighted by Crippen LogP contribution is 2.45. The number of hydrogen-bond acceptors (Lipinski definition) is 1. The van der Waals surface area contributed by atoms with Crippen LogP contribution in [0.5, 0.6) is 0 Å². The zero-order chi connectivity index (χ0) is 23.1. The van der Waals surface area contributed by atoms with Crippen molar-refractivity contribution in [1.29, 1.82) is 0 Å². The summed E-state index contributed by atoms with van der Waals surface area (Å²) in [7, 11) is 0. The summed E-state index contributed by atoms with van der Waals surface area (Å²) in [5.74, 6) is 1.09. The predicted octanol–water partition coefficient (Wildman–Crippen LogP) is 8.98. The van der Waals surface area contributed by atoms with Crippen molar-refractivity contribution in [2.45, 2.75) is 77.2 Å². The lowest BCUT2D eigenvalue weighted by Crippen LogP contribution is -2.19. The molecule has 2 unspecified atom stereocenters. The Balaban J connectivity index is 1.24. The van der Waals surface area contributed by atoms with Crippen molar-refractivity contribution in [3.8, 4) is 0 Å². The van der Waals surface area contributed by atoms with E-state index in [0.717, 1.165) is 6.61 Å². The molecule has 1 nitrogen and oxygen atoms in total. The smallest absolute Gasteiger partial charge is 0.0598 e. The molecule has 0 radical (unpaired) electrons. The van der Waals surface area contributed by atoms with Gasteiger partial charge in [0.05, 0.1) is 5.60 Å². The fourth-order valence-corrected chi connectivity index (χ4v) is 5.12. The maximum atomic E-state index is 5.82. The number of fused-ring (bicyclic) bond motifs is 1. The lowest BCUT2D eigenvalue weighted by atomic mass is 9.85. The molecule has 0 amide bonds. The molecule has 1 heteroatoms. The Morgan fingerprint density at radius 3 is 2.39 bits per heavy atom. The molecule has 2 aliphatic rings. The maximum Gasteiger partial charge on any atom is 0.0598 e. The average Bonchev–Trinajstić information content (AvgIpc) is 3.41. The van der Waals surface area contributed by atoms with Crippen LogP contribution in [-0.2, 0) is 4.74 Å². The summed E-state index contributed by atoms with van der Waals surface area (Å²) in [6.07, 6.45) is 18.4. The number of hydrogen-bond donors (Lipinski definition) is 0. The van der Waals surface area contributed by atoms with Gasteiger partial charge in [-0.2, -0.15) is 0 Å². The fourth-order valence-electron chi connectivity index (χ4n) is 5.12. The van der Waals surface area contributed by atoms with Crippen LogP contribution < -0.4 is 0 Å². The van der Waals surface area contributed by atoms with Gasteiger partial charge in [0.15, 0.2) is 0 Å². The summed E-state index contributed by atoms with van der Waals surface area (Å²) in [6.45, 7) is 7.28. The highest BCUT2D eigenvalue weighted by Gasteiger charge is 2.26. The normalized spacial score (nSPS) is 19.5. The lowest BCUT2D eigenvalue weighted by molar-refractivity contribution is -0.00473. The predicted molar refractivity (Wildman–Crippen MR) is 142 cm³/mol. The molecule has 0 fully saturated rings. The van der Waals surface area contributed by atoms with Crippen LogP contribution in [0, 0.1) is 5.92 Å². The molecule has 0 saturated carbocycles. The minimum absolute atomic E-state index is 0.00725. The third-order valence-electron chi connectivity index (χ3n) is 6.83. The minimum Gasteiger partial charge on any atom is -0.376 e. The first kappa shape index (κ1) is 23.8. The molecule has 2 aromatic carbocycles. The second-order valence-corrected chi connectivity index (χ2v) is 10.6. The number of unbranched alkanes of at least 4 members (excludes halogenated alkanes) is 3. The van der Waals surface area contributed by atoms with Crippen LogP contribution in [0.3, 0.4) is 0 Å². The van der Waals surface area contributed by atoms with Crippen LogP contribution in [0.25, 0.3) is 11.6 Å². The standard InChI is InChI=1S/C32H40O/c1-32(2,3)33-22-12-5-4-7-13-25-18-19-26(23-25)20-21-30-29-17-11-10-16-28(29)24-31(30)27-14-8-6-9-15-27/h6,8-11,14-19,23-24,26,30H,4-5,7,12-13,20-22H2,1-3H3. The van der Waals surface area contributed by atoms with Crippen LogP contribution in [0.4, 0.5) is 0 Å². The highest BCUT2D eigenvalue weighted by molar-refractivity contribution is 5.91. The van der Waals surface area contributed by atoms with E-state index in [4.69, 9.17) is 4.74 Å². The summed E-state index contributed by atoms with van der Waals surface area (Å²) in [6, 6.07) is 19.9. The van der Waals surface area contributed by atoms with Crippen molar-refractivity contribution in [1.82, 2.24) is 0 Å². The molecule has 2 aliphatic carbocycles. The lowest BCUT2D eigenvalue weighted by Gasteiger charge is -2.19. The highest BCUT2D eigenvalue weighted by atomic mass is 16.5. The summed E-state index contributed by atoms with van der Waals surface area (Å²) in [5, 5.41) is 0. The van der Waals surface area contributed by atoms with Crippen molar-refractivity contribution in [3.05, 3.63) is 95.1 Å². The summed E-state index contributed by atoms with van der Waals surface area (Å²) in [5.41, 5.74) is 7.28. The van der Waals surface area contributed by atoms with E-state index in [-0.39, 0.29) is 5.60 Å². The van der Waals surface area contributed by atoms with E-state index >= 15 is 0 Å². The van der Waals surface area contributed by atoms with Gasteiger partial charge in [0.1, 0.15) is 0 Å². The Bertz CT molecular complexity index is 987. The van der Waals surface area contributed by atoms with Crippen LogP contribution in [0.2, 0.25) is 0 Å². The monoisotopic (exact) mass is 440 g/mol. The van der Waals surface area contributed by atoms with Crippen molar-refractivity contribution < 1.29 is 4.74 Å². The molecule has 0 heterocycles. The fraction of sp³-hybridized carbons (Fsp3) is 0.438. The van der Waals surface area contributed by atoms with Gasteiger partial charge in [0.2, 0.25) is 0 Å². The van der Waals surface area contributed by atoms with E-state index in [2.05, 4.69) is 99.7 Å². The van der Waals surface area contributed by atoms with Gasteiger partial charge in [0.25, 0.3) is 0 Å². The third kappa shape index (κ3) is 6.81. The Labute approximate surface area is 201 Å². The molecule has 0 aliphatic heterocycles. The van der Waals surface area contributed by atoms with Gasteiger partial charge in [-0.3, -0.25) is 0 Å². The number of benzene rings is 2. The average molecular weight is 441 g/mol. The van der Waals surface area contributed by atoms with Gasteiger partial charge in [-0.25, -0.2) is 0 Å². The topological polar surface area (TPSA) is 9.23 Å². The van der Waals surface area contributed by atoms with Gasteiger partial charge >= 0.3 is 0 Å². The second-order valence-electron chi connectivity index (χ2n) is 10.6. The van der Waals surface area contributed by atoms with E-state index in [9.17, 15) is 0 Å². The molecule has 0 aromatic heterocycles. The van der Waals surface area contributed by atoms with Crippen molar-refractivity contribution in [2.24, 2.45) is 5.92 Å². The quantitative estimate of drug-likeness (QED) is 0.317. The number of allylic oxidation sites excluding steroid dienone is 5. The molecule has 0 bridgehead atoms. The molecule has 0 N–H and O–H groups in total. The maximum absolute atomic E-state index is 5.82. The van der Waals surface area contributed by atoms with E-state index in [1.54, 1.807) is 0 Å².